The molecule has 0 fully saturated rings. The van der Waals surface area contributed by atoms with Crippen LogP contribution in [-0.2, 0) is 6.54 Å². The van der Waals surface area contributed by atoms with Crippen molar-refractivity contribution < 1.29 is 19.4 Å². The first-order valence-corrected chi connectivity index (χ1v) is 6.29. The van der Waals surface area contributed by atoms with Crippen molar-refractivity contribution >= 4 is 16.9 Å². The van der Waals surface area contributed by atoms with Crippen LogP contribution in [0, 0.1) is 0 Å². The van der Waals surface area contributed by atoms with Crippen LogP contribution in [0.25, 0.3) is 11.0 Å². The lowest BCUT2D eigenvalue weighted by atomic mass is 10.1. The second-order valence-electron chi connectivity index (χ2n) is 4.32. The van der Waals surface area contributed by atoms with Crippen LogP contribution in [0.4, 0.5) is 0 Å². The molecule has 0 saturated heterocycles. The molecule has 0 aliphatic rings. The van der Waals surface area contributed by atoms with Gasteiger partial charge in [0.15, 0.2) is 0 Å². The van der Waals surface area contributed by atoms with E-state index < -0.39 is 5.97 Å². The first-order valence-electron chi connectivity index (χ1n) is 6.29. The van der Waals surface area contributed by atoms with E-state index in [-0.39, 0.29) is 12.4 Å². The lowest BCUT2D eigenvalue weighted by Gasteiger charge is -2.03. The molecule has 2 aromatic rings. The van der Waals surface area contributed by atoms with Gasteiger partial charge in [-0.2, -0.15) is 0 Å². The molecule has 0 aliphatic heterocycles. The van der Waals surface area contributed by atoms with Gasteiger partial charge in [0.1, 0.15) is 5.58 Å². The van der Waals surface area contributed by atoms with Gasteiger partial charge in [-0.1, -0.05) is 18.2 Å². The van der Waals surface area contributed by atoms with Crippen molar-refractivity contribution in [3.8, 4) is 0 Å². The number of carboxylic acids is 1. The number of unbranched alkanes of at least 4 members (excludes halogenated alkanes) is 1. The number of hydrogen-bond acceptors (Lipinski definition) is 4. The summed E-state index contributed by atoms with van der Waals surface area (Å²) in [7, 11) is 0. The van der Waals surface area contributed by atoms with Crippen LogP contribution in [0.3, 0.4) is 0 Å². The Morgan fingerprint density at radius 1 is 1.26 bits per heavy atom. The number of rotatable bonds is 7. The Bertz CT molecular complexity index is 562. The van der Waals surface area contributed by atoms with E-state index in [1.165, 1.54) is 0 Å². The van der Waals surface area contributed by atoms with Crippen molar-refractivity contribution in [1.29, 1.82) is 0 Å². The molecule has 0 bridgehead atoms. The highest BCUT2D eigenvalue weighted by molar-refractivity contribution is 5.95. The van der Waals surface area contributed by atoms with Gasteiger partial charge in [-0.25, -0.2) is 4.79 Å². The molecule has 3 N–H and O–H groups in total. The third kappa shape index (κ3) is 3.13. The van der Waals surface area contributed by atoms with Crippen LogP contribution >= 0.6 is 0 Å². The molecule has 0 spiro atoms. The Balaban J connectivity index is 2.15. The number of furan rings is 1. The number of para-hydroxylation sites is 1. The van der Waals surface area contributed by atoms with E-state index in [2.05, 4.69) is 5.32 Å². The maximum atomic E-state index is 11.2. The second-order valence-corrected chi connectivity index (χ2v) is 4.32. The van der Waals surface area contributed by atoms with Gasteiger partial charge in [0.2, 0.25) is 5.76 Å². The first kappa shape index (κ1) is 13.6. The number of nitrogens with one attached hydrogen (secondary N) is 1. The minimum absolute atomic E-state index is 0.00384. The predicted molar refractivity (Wildman–Crippen MR) is 71.2 cm³/mol. The van der Waals surface area contributed by atoms with Crippen LogP contribution in [0.1, 0.15) is 29.0 Å². The van der Waals surface area contributed by atoms with Crippen molar-refractivity contribution in [2.75, 3.05) is 13.2 Å². The molecule has 102 valence electrons. The summed E-state index contributed by atoms with van der Waals surface area (Å²) in [6, 6.07) is 7.29. The average Bonchev–Trinajstić information content (AvgIpc) is 2.78. The number of aliphatic hydroxyl groups is 1. The fourth-order valence-corrected chi connectivity index (χ4v) is 2.02. The highest BCUT2D eigenvalue weighted by atomic mass is 16.4. The van der Waals surface area contributed by atoms with Crippen LogP contribution in [0.15, 0.2) is 28.7 Å². The zero-order valence-corrected chi connectivity index (χ0v) is 10.6. The van der Waals surface area contributed by atoms with Gasteiger partial charge in [-0.05, 0) is 25.5 Å². The molecule has 0 radical (unpaired) electrons. The smallest absolute Gasteiger partial charge is 0.372 e. The summed E-state index contributed by atoms with van der Waals surface area (Å²) >= 11 is 0. The van der Waals surface area contributed by atoms with E-state index in [1.807, 2.05) is 18.2 Å². The maximum absolute atomic E-state index is 11.2. The predicted octanol–water partition coefficient (Wildman–Crippen LogP) is 1.99. The number of carbonyl (C=O) groups is 1. The van der Waals surface area contributed by atoms with Crippen molar-refractivity contribution in [2.24, 2.45) is 0 Å². The van der Waals surface area contributed by atoms with E-state index in [0.29, 0.717) is 17.7 Å². The molecule has 0 aliphatic carbocycles. The molecule has 5 heteroatoms. The van der Waals surface area contributed by atoms with Crippen LogP contribution in [0.2, 0.25) is 0 Å². The molecular weight excluding hydrogens is 246 g/mol. The number of benzene rings is 1. The van der Waals surface area contributed by atoms with Crippen molar-refractivity contribution in [2.45, 2.75) is 19.4 Å². The molecule has 2 rings (SSSR count). The van der Waals surface area contributed by atoms with Gasteiger partial charge in [-0.15, -0.1) is 0 Å². The lowest BCUT2D eigenvalue weighted by molar-refractivity contribution is 0.0663. The number of aliphatic hydroxyl groups excluding tert-OH is 1. The van der Waals surface area contributed by atoms with Gasteiger partial charge in [0.05, 0.1) is 0 Å². The normalized spacial score (nSPS) is 11.0. The molecule has 1 aromatic carbocycles. The summed E-state index contributed by atoms with van der Waals surface area (Å²) in [5.41, 5.74) is 1.26. The summed E-state index contributed by atoms with van der Waals surface area (Å²) in [5, 5.41) is 21.8. The van der Waals surface area contributed by atoms with E-state index >= 15 is 0 Å². The topological polar surface area (TPSA) is 82.7 Å². The minimum Gasteiger partial charge on any atom is -0.475 e. The zero-order chi connectivity index (χ0) is 13.7. The number of aromatic carboxylic acids is 1. The molecular formula is C14H17NO4. The first-order chi connectivity index (χ1) is 9.24. The Labute approximate surface area is 110 Å². The Kier molecular flexibility index (Phi) is 4.54. The van der Waals surface area contributed by atoms with Crippen LogP contribution < -0.4 is 5.32 Å². The van der Waals surface area contributed by atoms with Crippen molar-refractivity contribution in [3.63, 3.8) is 0 Å². The van der Waals surface area contributed by atoms with E-state index in [4.69, 9.17) is 14.6 Å². The second kappa shape index (κ2) is 6.36. The molecule has 0 unspecified atom stereocenters. The standard InChI is InChI=1S/C14H17NO4/c16-8-4-3-7-15-9-11-10-5-1-2-6-12(10)19-13(11)14(17)18/h1-2,5-6,15-16H,3-4,7-9H2,(H,17,18). The van der Waals surface area contributed by atoms with E-state index in [1.54, 1.807) is 6.07 Å². The Hall–Kier alpha value is -1.85. The summed E-state index contributed by atoms with van der Waals surface area (Å²) in [4.78, 5) is 11.2. The van der Waals surface area contributed by atoms with Gasteiger partial charge in [0.25, 0.3) is 0 Å². The maximum Gasteiger partial charge on any atom is 0.372 e. The van der Waals surface area contributed by atoms with Gasteiger partial charge in [0, 0.05) is 24.1 Å². The summed E-state index contributed by atoms with van der Waals surface area (Å²) in [6.07, 6.45) is 1.60. The number of carboxylic acid groups (broad SMARTS) is 1. The summed E-state index contributed by atoms with van der Waals surface area (Å²) in [6.45, 7) is 1.36. The van der Waals surface area contributed by atoms with Crippen LogP contribution in [-0.4, -0.2) is 29.3 Å². The number of fused-ring (bicyclic) bond motifs is 1. The molecule has 0 saturated carbocycles. The lowest BCUT2D eigenvalue weighted by Crippen LogP contribution is -2.16. The minimum atomic E-state index is -1.05. The number of hydrogen-bond donors (Lipinski definition) is 3. The third-order valence-corrected chi connectivity index (χ3v) is 2.96. The quantitative estimate of drug-likeness (QED) is 0.665. The fraction of sp³-hybridized carbons (Fsp3) is 0.357. The Morgan fingerprint density at radius 2 is 2.05 bits per heavy atom. The van der Waals surface area contributed by atoms with Crippen molar-refractivity contribution in [3.05, 3.63) is 35.6 Å². The summed E-state index contributed by atoms with van der Waals surface area (Å²) < 4.78 is 5.36. The summed E-state index contributed by atoms with van der Waals surface area (Å²) in [5.74, 6) is -1.06. The van der Waals surface area contributed by atoms with E-state index in [9.17, 15) is 4.79 Å². The van der Waals surface area contributed by atoms with Gasteiger partial charge in [-0.3, -0.25) is 0 Å². The van der Waals surface area contributed by atoms with Gasteiger partial charge < -0.3 is 19.9 Å². The Morgan fingerprint density at radius 3 is 2.79 bits per heavy atom. The average molecular weight is 263 g/mol. The fourth-order valence-electron chi connectivity index (χ4n) is 2.02. The monoisotopic (exact) mass is 263 g/mol. The third-order valence-electron chi connectivity index (χ3n) is 2.96. The highest BCUT2D eigenvalue weighted by Crippen LogP contribution is 2.25. The molecule has 5 nitrogen and oxygen atoms in total. The van der Waals surface area contributed by atoms with Gasteiger partial charge >= 0.3 is 5.97 Å². The van der Waals surface area contributed by atoms with Crippen molar-refractivity contribution in [1.82, 2.24) is 5.32 Å². The SMILES string of the molecule is O=C(O)c1oc2ccccc2c1CNCCCCO. The molecule has 19 heavy (non-hydrogen) atoms. The molecule has 1 aromatic heterocycles. The zero-order valence-electron chi connectivity index (χ0n) is 10.6. The highest BCUT2D eigenvalue weighted by Gasteiger charge is 2.18. The van der Waals surface area contributed by atoms with Crippen LogP contribution in [0.5, 0.6) is 0 Å². The molecule has 0 amide bonds. The largest absolute Gasteiger partial charge is 0.475 e. The molecule has 1 heterocycles. The van der Waals surface area contributed by atoms with E-state index in [0.717, 1.165) is 24.8 Å². The molecule has 0 atom stereocenters.